The van der Waals surface area contributed by atoms with E-state index in [0.717, 1.165) is 5.56 Å². The highest BCUT2D eigenvalue weighted by molar-refractivity contribution is 9.10. The van der Waals surface area contributed by atoms with E-state index in [0.29, 0.717) is 22.4 Å². The molecule has 2 aromatic rings. The van der Waals surface area contributed by atoms with Crippen molar-refractivity contribution in [1.29, 1.82) is 0 Å². The molecule has 1 unspecified atom stereocenters. The molecule has 2 heterocycles. The van der Waals surface area contributed by atoms with Gasteiger partial charge in [0.05, 0.1) is 17.2 Å². The van der Waals surface area contributed by atoms with Crippen LogP contribution in [0.2, 0.25) is 0 Å². The number of hydrogen-bond acceptors (Lipinski definition) is 4. The lowest BCUT2D eigenvalue weighted by Gasteiger charge is -2.10. The fraction of sp³-hybridized carbons (Fsp3) is 0.286. The average Bonchev–Trinajstić information content (AvgIpc) is 2.83. The van der Waals surface area contributed by atoms with Gasteiger partial charge < -0.3 is 4.98 Å². The maximum atomic E-state index is 12.1. The summed E-state index contributed by atoms with van der Waals surface area (Å²) in [6.07, 6.45) is 0.501. The third kappa shape index (κ3) is 2.94. The Balaban J connectivity index is 2.09. The molecule has 1 saturated heterocycles. The van der Waals surface area contributed by atoms with E-state index >= 15 is 0 Å². The third-order valence-corrected chi connectivity index (χ3v) is 6.05. The van der Waals surface area contributed by atoms with Gasteiger partial charge in [-0.1, -0.05) is 30.3 Å². The van der Waals surface area contributed by atoms with Crippen molar-refractivity contribution in [2.45, 2.75) is 12.3 Å². The summed E-state index contributed by atoms with van der Waals surface area (Å²) in [4.78, 5) is 19.2. The molecule has 0 spiro atoms. The summed E-state index contributed by atoms with van der Waals surface area (Å²) in [5, 5.41) is 0. The minimum atomic E-state index is -3.02. The summed E-state index contributed by atoms with van der Waals surface area (Å²) >= 11 is 3.26. The van der Waals surface area contributed by atoms with Crippen molar-refractivity contribution in [2.24, 2.45) is 0 Å². The molecule has 1 aromatic carbocycles. The first-order chi connectivity index (χ1) is 9.96. The molecule has 1 aliphatic rings. The van der Waals surface area contributed by atoms with E-state index in [4.69, 9.17) is 0 Å². The number of sulfone groups is 1. The number of nitrogens with zero attached hydrogens (tertiary/aromatic N) is 1. The summed E-state index contributed by atoms with van der Waals surface area (Å²) < 4.78 is 23.5. The van der Waals surface area contributed by atoms with Crippen molar-refractivity contribution in [3.05, 3.63) is 51.0 Å². The van der Waals surface area contributed by atoms with E-state index in [1.807, 2.05) is 30.3 Å². The summed E-state index contributed by atoms with van der Waals surface area (Å²) in [5.74, 6) is 0.408. The van der Waals surface area contributed by atoms with Crippen molar-refractivity contribution >= 4 is 25.8 Å². The summed E-state index contributed by atoms with van der Waals surface area (Å²) in [5.41, 5.74) is 1.07. The fourth-order valence-corrected chi connectivity index (χ4v) is 4.63. The molecule has 1 aromatic heterocycles. The lowest BCUT2D eigenvalue weighted by Crippen LogP contribution is -2.17. The van der Waals surface area contributed by atoms with Gasteiger partial charge in [0, 0.05) is 11.5 Å². The molecule has 1 fully saturated rings. The monoisotopic (exact) mass is 368 g/mol. The Hall–Kier alpha value is -1.47. The molecular weight excluding hydrogens is 356 g/mol. The fourth-order valence-electron chi connectivity index (χ4n) is 2.47. The van der Waals surface area contributed by atoms with Crippen LogP contribution in [0.1, 0.15) is 18.2 Å². The maximum absolute atomic E-state index is 12.1. The lowest BCUT2D eigenvalue weighted by molar-refractivity contribution is 0.601. The zero-order chi connectivity index (χ0) is 15.0. The predicted molar refractivity (Wildman–Crippen MR) is 84.0 cm³/mol. The second-order valence-electron chi connectivity index (χ2n) is 5.08. The van der Waals surface area contributed by atoms with E-state index < -0.39 is 9.84 Å². The van der Waals surface area contributed by atoms with Crippen LogP contribution in [0.5, 0.6) is 0 Å². The Morgan fingerprint density at radius 1 is 1.24 bits per heavy atom. The van der Waals surface area contributed by atoms with E-state index in [1.165, 1.54) is 0 Å². The maximum Gasteiger partial charge on any atom is 0.265 e. The van der Waals surface area contributed by atoms with Crippen LogP contribution in [0.3, 0.4) is 0 Å². The molecule has 0 amide bonds. The molecule has 0 radical (unpaired) electrons. The Labute approximate surface area is 130 Å². The van der Waals surface area contributed by atoms with Gasteiger partial charge in [-0.15, -0.1) is 0 Å². The van der Waals surface area contributed by atoms with Gasteiger partial charge in [0.2, 0.25) is 0 Å². The molecule has 21 heavy (non-hydrogen) atoms. The van der Waals surface area contributed by atoms with Gasteiger partial charge in [0.25, 0.3) is 5.56 Å². The first kappa shape index (κ1) is 14.5. The molecule has 0 aliphatic carbocycles. The van der Waals surface area contributed by atoms with E-state index in [9.17, 15) is 13.2 Å². The van der Waals surface area contributed by atoms with Gasteiger partial charge in [-0.3, -0.25) is 4.79 Å². The quantitative estimate of drug-likeness (QED) is 0.879. The molecular formula is C14H13BrN2O3S. The van der Waals surface area contributed by atoms with Crippen LogP contribution in [0.4, 0.5) is 0 Å². The van der Waals surface area contributed by atoms with Crippen LogP contribution in [0, 0.1) is 0 Å². The van der Waals surface area contributed by atoms with Gasteiger partial charge in [-0.2, -0.15) is 0 Å². The van der Waals surface area contributed by atoms with Crippen LogP contribution < -0.4 is 5.56 Å². The minimum Gasteiger partial charge on any atom is -0.309 e. The number of hydrogen-bond donors (Lipinski definition) is 1. The van der Waals surface area contributed by atoms with Crippen LogP contribution in [0.25, 0.3) is 11.3 Å². The number of H-pyrrole nitrogens is 1. The standard InChI is InChI=1S/C14H13BrN2O3S/c15-11-12(9-4-2-1-3-5-9)16-13(17-14(11)18)10-6-7-21(19,20)8-10/h1-5,10H,6-8H2,(H,16,17,18). The molecule has 5 nitrogen and oxygen atoms in total. The summed E-state index contributed by atoms with van der Waals surface area (Å²) in [7, 11) is -3.02. The minimum absolute atomic E-state index is 0.0474. The second kappa shape index (κ2) is 5.38. The molecule has 7 heteroatoms. The highest BCUT2D eigenvalue weighted by Gasteiger charge is 2.31. The molecule has 1 atom stereocenters. The Bertz CT molecular complexity index is 831. The molecule has 3 rings (SSSR count). The first-order valence-corrected chi connectivity index (χ1v) is 9.13. The van der Waals surface area contributed by atoms with E-state index in [-0.39, 0.29) is 23.0 Å². The third-order valence-electron chi connectivity index (χ3n) is 3.55. The van der Waals surface area contributed by atoms with Gasteiger partial charge in [-0.25, -0.2) is 13.4 Å². The predicted octanol–water partition coefficient (Wildman–Crippen LogP) is 2.10. The molecule has 1 N–H and O–H groups in total. The lowest BCUT2D eigenvalue weighted by atomic mass is 10.1. The van der Waals surface area contributed by atoms with Gasteiger partial charge in [0.1, 0.15) is 10.3 Å². The number of aromatic amines is 1. The SMILES string of the molecule is O=c1[nH]c(C2CCS(=O)(=O)C2)nc(-c2ccccc2)c1Br. The van der Waals surface area contributed by atoms with Crippen molar-refractivity contribution in [3.63, 3.8) is 0 Å². The van der Waals surface area contributed by atoms with Crippen molar-refractivity contribution < 1.29 is 8.42 Å². The number of nitrogens with one attached hydrogen (secondary N) is 1. The Morgan fingerprint density at radius 3 is 2.57 bits per heavy atom. The largest absolute Gasteiger partial charge is 0.309 e. The molecule has 110 valence electrons. The number of aromatic nitrogens is 2. The zero-order valence-electron chi connectivity index (χ0n) is 11.0. The van der Waals surface area contributed by atoms with Crippen LogP contribution in [-0.4, -0.2) is 29.9 Å². The summed E-state index contributed by atoms with van der Waals surface area (Å²) in [6.45, 7) is 0. The molecule has 0 bridgehead atoms. The zero-order valence-corrected chi connectivity index (χ0v) is 13.4. The van der Waals surface area contributed by atoms with Crippen LogP contribution in [-0.2, 0) is 9.84 Å². The number of halogens is 1. The van der Waals surface area contributed by atoms with E-state index in [2.05, 4.69) is 25.9 Å². The van der Waals surface area contributed by atoms with E-state index in [1.54, 1.807) is 0 Å². The summed E-state index contributed by atoms with van der Waals surface area (Å²) in [6, 6.07) is 9.34. The Morgan fingerprint density at radius 2 is 1.95 bits per heavy atom. The van der Waals surface area contributed by atoms with Crippen LogP contribution in [0.15, 0.2) is 39.6 Å². The van der Waals surface area contributed by atoms with Gasteiger partial charge in [-0.05, 0) is 22.4 Å². The van der Waals surface area contributed by atoms with Crippen molar-refractivity contribution in [3.8, 4) is 11.3 Å². The normalized spacial score (nSPS) is 20.5. The molecule has 0 saturated carbocycles. The van der Waals surface area contributed by atoms with Crippen molar-refractivity contribution in [2.75, 3.05) is 11.5 Å². The second-order valence-corrected chi connectivity index (χ2v) is 8.10. The highest BCUT2D eigenvalue weighted by Crippen LogP contribution is 2.29. The van der Waals surface area contributed by atoms with Crippen molar-refractivity contribution in [1.82, 2.24) is 9.97 Å². The smallest absolute Gasteiger partial charge is 0.265 e. The Kier molecular flexibility index (Phi) is 3.71. The van der Waals surface area contributed by atoms with Crippen LogP contribution >= 0.6 is 15.9 Å². The average molecular weight is 369 g/mol. The highest BCUT2D eigenvalue weighted by atomic mass is 79.9. The van der Waals surface area contributed by atoms with Gasteiger partial charge >= 0.3 is 0 Å². The first-order valence-electron chi connectivity index (χ1n) is 6.52. The van der Waals surface area contributed by atoms with Gasteiger partial charge in [0.15, 0.2) is 9.84 Å². The number of benzene rings is 1. The topological polar surface area (TPSA) is 79.9 Å². The molecule has 1 aliphatic heterocycles. The number of rotatable bonds is 2.